The van der Waals surface area contributed by atoms with Crippen LogP contribution in [0.1, 0.15) is 152 Å². The zero-order valence-electron chi connectivity index (χ0n) is 40.8. The third kappa shape index (κ3) is 13.4. The fraction of sp³-hybridized carbons (Fsp3) is 0.860. The van der Waals surface area contributed by atoms with Crippen LogP contribution in [0.2, 0.25) is 0 Å². The number of carbonyl (C=O) groups excluding carboxylic acids is 1. The van der Waals surface area contributed by atoms with E-state index < -0.39 is 83.5 Å². The summed E-state index contributed by atoms with van der Waals surface area (Å²) in [6.07, 6.45) is 5.72. The first kappa shape index (κ1) is 53.0. The molecular formula is C50H85NO13. The van der Waals surface area contributed by atoms with Gasteiger partial charge >= 0.3 is 5.97 Å². The Hall–Kier alpha value is -1.95. The summed E-state index contributed by atoms with van der Waals surface area (Å²) in [7, 11) is 3.96. The molecule has 0 amide bonds. The van der Waals surface area contributed by atoms with Crippen LogP contribution in [0.4, 0.5) is 0 Å². The summed E-state index contributed by atoms with van der Waals surface area (Å²) in [5.74, 6) is -2.20. The molecule has 6 N–H and O–H groups in total. The molecule has 5 aliphatic rings. The largest absolute Gasteiger partial charge is 0.491 e. The summed E-state index contributed by atoms with van der Waals surface area (Å²) >= 11 is 0. The van der Waals surface area contributed by atoms with E-state index in [2.05, 4.69) is 37.8 Å². The zero-order valence-corrected chi connectivity index (χ0v) is 40.8. The van der Waals surface area contributed by atoms with Gasteiger partial charge in [0, 0.05) is 49.6 Å². The lowest BCUT2D eigenvalue weighted by Gasteiger charge is -2.52. The van der Waals surface area contributed by atoms with Gasteiger partial charge in [0.05, 0.1) is 42.2 Å². The van der Waals surface area contributed by atoms with Gasteiger partial charge in [0.1, 0.15) is 35.3 Å². The maximum atomic E-state index is 13.8. The molecule has 3 saturated heterocycles. The van der Waals surface area contributed by atoms with Crippen molar-refractivity contribution in [1.29, 1.82) is 0 Å². The maximum Gasteiger partial charge on any atom is 0.330 e. The van der Waals surface area contributed by atoms with E-state index in [1.807, 2.05) is 34.9 Å². The van der Waals surface area contributed by atoms with Crippen molar-refractivity contribution in [1.82, 2.24) is 4.90 Å². The number of likely N-dealkylation sites (N-methyl/N-ethyl adjacent to an activating group) is 1. The Bertz CT molecular complexity index is 1610. The number of allylic oxidation sites excluding steroid dienone is 2. The van der Waals surface area contributed by atoms with Gasteiger partial charge < -0.3 is 64.0 Å². The first-order chi connectivity index (χ1) is 29.9. The van der Waals surface area contributed by atoms with Crippen LogP contribution in [0.15, 0.2) is 35.6 Å². The lowest BCUT2D eigenvalue weighted by atomic mass is 9.79. The molecular weight excluding hydrogens is 823 g/mol. The summed E-state index contributed by atoms with van der Waals surface area (Å²) < 4.78 is 39.2. The Kier molecular flexibility index (Phi) is 18.2. The quantitative estimate of drug-likeness (QED) is 0.170. The van der Waals surface area contributed by atoms with E-state index >= 15 is 0 Å². The van der Waals surface area contributed by atoms with Crippen LogP contribution in [0.3, 0.4) is 0 Å². The summed E-state index contributed by atoms with van der Waals surface area (Å²) in [6, 6.07) is 0.139. The van der Waals surface area contributed by atoms with Crippen molar-refractivity contribution >= 4 is 5.97 Å². The highest BCUT2D eigenvalue weighted by Gasteiger charge is 2.53. The smallest absolute Gasteiger partial charge is 0.330 e. The fourth-order valence-corrected chi connectivity index (χ4v) is 10.5. The molecule has 368 valence electrons. The average molecular weight is 908 g/mol. The molecule has 14 unspecified atom stereocenters. The number of nitrogens with zero attached hydrogens (tertiary/aromatic N) is 1. The summed E-state index contributed by atoms with van der Waals surface area (Å²) in [5, 5.41) is 69.6. The molecule has 5 rings (SSSR count). The van der Waals surface area contributed by atoms with E-state index in [1.165, 1.54) is 20.8 Å². The van der Waals surface area contributed by atoms with Gasteiger partial charge in [-0.05, 0) is 118 Å². The van der Waals surface area contributed by atoms with E-state index in [0.29, 0.717) is 44.9 Å². The van der Waals surface area contributed by atoms with Gasteiger partial charge in [0.25, 0.3) is 0 Å². The highest BCUT2D eigenvalue weighted by atomic mass is 16.7. The Morgan fingerprint density at radius 3 is 2.28 bits per heavy atom. The lowest BCUT2D eigenvalue weighted by molar-refractivity contribution is -0.347. The minimum atomic E-state index is -2.05. The minimum Gasteiger partial charge on any atom is -0.491 e. The molecule has 1 spiro atoms. The standard InChI is InChI=1S/C50H85NO13/c1-12-35(52)26-37-30(2)21-25-50(63-37)29-40-31(3)38(64-50)27-39-34(28-47(6,7)62-39)18-16-14-13-15-17-23-48(8,57)46(56)44(61-42-20-19-36(51(10)11)33(5)59-42)43(54)32(4)45(55)49(9,58)24-22-41(53)60-40/h16,18,22,24,30-33,35-38,40,42-46,52,54-58H,12-15,17,19-21,23,25-29H2,1-11H3/b18-16+,24-22+/t30?,31?,32?,33-,35?,36-,37?,38?,40?,42-,43?,44?,45?,46?,48?,49?,50?/m1/s1. The van der Waals surface area contributed by atoms with Crippen LogP contribution in [-0.2, 0) is 33.2 Å². The molecule has 17 atom stereocenters. The van der Waals surface area contributed by atoms with Gasteiger partial charge in [0.15, 0.2) is 12.1 Å². The zero-order chi connectivity index (χ0) is 47.4. The monoisotopic (exact) mass is 908 g/mol. The molecule has 0 aromatic carbocycles. The van der Waals surface area contributed by atoms with Gasteiger partial charge in [-0.25, -0.2) is 4.79 Å². The summed E-state index contributed by atoms with van der Waals surface area (Å²) in [4.78, 5) is 15.9. The third-order valence-corrected chi connectivity index (χ3v) is 15.0. The molecule has 0 aromatic rings. The van der Waals surface area contributed by atoms with Crippen molar-refractivity contribution in [2.75, 3.05) is 14.1 Å². The number of esters is 1. The number of rotatable bonds is 6. The molecule has 5 aliphatic heterocycles. The molecule has 0 aromatic heterocycles. The van der Waals surface area contributed by atoms with Crippen molar-refractivity contribution in [3.8, 4) is 0 Å². The minimum absolute atomic E-state index is 0.139. The van der Waals surface area contributed by atoms with Crippen molar-refractivity contribution < 1.29 is 63.9 Å². The highest BCUT2D eigenvalue weighted by molar-refractivity contribution is 5.82. The van der Waals surface area contributed by atoms with Crippen molar-refractivity contribution in [3.63, 3.8) is 0 Å². The maximum absolute atomic E-state index is 13.8. The van der Waals surface area contributed by atoms with E-state index in [4.69, 9.17) is 28.4 Å². The molecule has 0 saturated carbocycles. The van der Waals surface area contributed by atoms with Crippen LogP contribution in [0.25, 0.3) is 0 Å². The Balaban J connectivity index is 1.45. The van der Waals surface area contributed by atoms with Crippen LogP contribution < -0.4 is 0 Å². The first-order valence-electron chi connectivity index (χ1n) is 24.3. The van der Waals surface area contributed by atoms with Crippen LogP contribution in [0, 0.1) is 17.8 Å². The van der Waals surface area contributed by atoms with Crippen molar-refractivity contribution in [2.45, 2.75) is 242 Å². The van der Waals surface area contributed by atoms with Crippen LogP contribution in [0.5, 0.6) is 0 Å². The number of ether oxygens (including phenoxy) is 6. The Morgan fingerprint density at radius 2 is 1.61 bits per heavy atom. The van der Waals surface area contributed by atoms with Crippen molar-refractivity contribution in [2.24, 2.45) is 17.8 Å². The number of fused-ring (bicyclic) bond motifs is 2. The molecule has 5 heterocycles. The van der Waals surface area contributed by atoms with Gasteiger partial charge in [-0.3, -0.25) is 0 Å². The average Bonchev–Trinajstić information content (AvgIpc) is 3.52. The van der Waals surface area contributed by atoms with Gasteiger partial charge in [-0.15, -0.1) is 0 Å². The third-order valence-electron chi connectivity index (χ3n) is 15.0. The SMILES string of the molecule is CCC(O)CC1OC2(CCC1C)CC1OC(=O)/C=C/C(C)(O)C(O)C(C)C(O)C(O[C@@H]3CC[C@@H](N(C)C)[C@@H](C)O3)C(O)C(C)(O)CCCCC/C=C/C3=C(CC(O2)C1C)OC(C)(C)C3. The number of hydrogen-bond acceptors (Lipinski definition) is 14. The highest BCUT2D eigenvalue weighted by Crippen LogP contribution is 2.47. The predicted molar refractivity (Wildman–Crippen MR) is 243 cm³/mol. The summed E-state index contributed by atoms with van der Waals surface area (Å²) in [6.45, 7) is 16.5. The second kappa shape index (κ2) is 22.0. The number of aliphatic hydroxyl groups is 6. The van der Waals surface area contributed by atoms with Crippen LogP contribution in [-0.4, -0.2) is 145 Å². The van der Waals surface area contributed by atoms with Crippen LogP contribution >= 0.6 is 0 Å². The molecule has 64 heavy (non-hydrogen) atoms. The first-order valence-corrected chi connectivity index (χ1v) is 24.3. The second-order valence-corrected chi connectivity index (χ2v) is 21.4. The molecule has 0 aliphatic carbocycles. The van der Waals surface area contributed by atoms with Gasteiger partial charge in [-0.1, -0.05) is 52.7 Å². The Labute approximate surface area is 383 Å². The number of hydrogen-bond donors (Lipinski definition) is 6. The van der Waals surface area contributed by atoms with E-state index in [-0.39, 0.29) is 42.9 Å². The summed E-state index contributed by atoms with van der Waals surface area (Å²) in [5.41, 5.74) is -3.09. The van der Waals surface area contributed by atoms with E-state index in [9.17, 15) is 35.4 Å². The van der Waals surface area contributed by atoms with Crippen molar-refractivity contribution in [3.05, 3.63) is 35.6 Å². The van der Waals surface area contributed by atoms with E-state index in [0.717, 1.165) is 55.6 Å². The molecule has 14 nitrogen and oxygen atoms in total. The number of carbonyl (C=O) groups is 1. The topological polar surface area (TPSA) is 197 Å². The molecule has 0 radical (unpaired) electrons. The normalized spacial score (nSPS) is 44.9. The Morgan fingerprint density at radius 1 is 0.891 bits per heavy atom. The molecule has 3 fully saturated rings. The van der Waals surface area contributed by atoms with E-state index in [1.54, 1.807) is 0 Å². The number of aliphatic hydroxyl groups excluding tert-OH is 4. The fourth-order valence-electron chi connectivity index (χ4n) is 10.5. The predicted octanol–water partition coefficient (Wildman–Crippen LogP) is 5.98. The van der Waals surface area contributed by atoms with Gasteiger partial charge in [0.2, 0.25) is 0 Å². The van der Waals surface area contributed by atoms with Gasteiger partial charge in [-0.2, -0.15) is 0 Å². The molecule has 14 heteroatoms. The molecule has 2 bridgehead atoms. The lowest BCUT2D eigenvalue weighted by Crippen LogP contribution is -2.58. The second-order valence-electron chi connectivity index (χ2n) is 21.4.